The van der Waals surface area contributed by atoms with Gasteiger partial charge in [0, 0.05) is 22.9 Å². The average molecular weight is 401 g/mol. The Kier molecular flexibility index (Phi) is 3.94. The van der Waals surface area contributed by atoms with Crippen molar-refractivity contribution in [3.05, 3.63) is 103 Å². The molecule has 2 heterocycles. The van der Waals surface area contributed by atoms with Crippen molar-refractivity contribution in [3.63, 3.8) is 0 Å². The van der Waals surface area contributed by atoms with Crippen molar-refractivity contribution in [2.24, 2.45) is 7.05 Å². The van der Waals surface area contributed by atoms with Crippen LogP contribution in [0.2, 0.25) is 0 Å². The van der Waals surface area contributed by atoms with E-state index in [2.05, 4.69) is 110 Å². The summed E-state index contributed by atoms with van der Waals surface area (Å²) in [6.07, 6.45) is 2.14. The van der Waals surface area contributed by atoms with Crippen molar-refractivity contribution in [1.29, 1.82) is 0 Å². The molecule has 0 radical (unpaired) electrons. The van der Waals surface area contributed by atoms with Gasteiger partial charge in [0.15, 0.2) is 6.20 Å². The number of aromatic nitrogens is 1. The molecule has 0 unspecified atom stereocenters. The SMILES string of the molecule is Cc1c(-c2cc(-c3ccccc3)cc[n+]2C)c2oc3ccccc3c2c2ccccc12. The fraction of sp³-hybridized carbons (Fsp3) is 0.0690. The molecule has 0 fully saturated rings. The number of aryl methyl sites for hydroxylation is 2. The van der Waals surface area contributed by atoms with E-state index in [1.54, 1.807) is 0 Å². The van der Waals surface area contributed by atoms with Crippen molar-refractivity contribution in [2.45, 2.75) is 6.92 Å². The Hall–Kier alpha value is -3.91. The molecule has 0 aliphatic carbocycles. The van der Waals surface area contributed by atoms with Gasteiger partial charge in [-0.1, -0.05) is 72.8 Å². The molecule has 2 aromatic heterocycles. The molecule has 0 saturated carbocycles. The summed E-state index contributed by atoms with van der Waals surface area (Å²) >= 11 is 0. The van der Waals surface area contributed by atoms with Crippen LogP contribution in [0.15, 0.2) is 102 Å². The quantitative estimate of drug-likeness (QED) is 0.281. The number of rotatable bonds is 2. The summed E-state index contributed by atoms with van der Waals surface area (Å²) in [5, 5.41) is 4.86. The predicted molar refractivity (Wildman–Crippen MR) is 128 cm³/mol. The van der Waals surface area contributed by atoms with Gasteiger partial charge in [-0.05, 0) is 40.5 Å². The Morgan fingerprint density at radius 2 is 1.35 bits per heavy atom. The first-order chi connectivity index (χ1) is 15.2. The normalized spacial score (nSPS) is 11.5. The minimum Gasteiger partial charge on any atom is -0.455 e. The zero-order valence-electron chi connectivity index (χ0n) is 17.6. The fourth-order valence-electron chi connectivity index (χ4n) is 4.76. The van der Waals surface area contributed by atoms with E-state index in [9.17, 15) is 0 Å². The van der Waals surface area contributed by atoms with Gasteiger partial charge in [-0.2, -0.15) is 0 Å². The van der Waals surface area contributed by atoms with Crippen molar-refractivity contribution in [2.75, 3.05) is 0 Å². The van der Waals surface area contributed by atoms with E-state index >= 15 is 0 Å². The fourth-order valence-corrected chi connectivity index (χ4v) is 4.76. The van der Waals surface area contributed by atoms with E-state index in [1.165, 1.54) is 32.8 Å². The van der Waals surface area contributed by atoms with E-state index in [1.807, 2.05) is 6.07 Å². The topological polar surface area (TPSA) is 17.0 Å². The largest absolute Gasteiger partial charge is 0.455 e. The molecule has 0 bridgehead atoms. The van der Waals surface area contributed by atoms with Crippen LogP contribution in [0, 0.1) is 6.92 Å². The van der Waals surface area contributed by atoms with Crippen LogP contribution in [0.3, 0.4) is 0 Å². The first-order valence-corrected chi connectivity index (χ1v) is 10.6. The first kappa shape index (κ1) is 17.9. The molecule has 2 heteroatoms. The Morgan fingerprint density at radius 1 is 0.677 bits per heavy atom. The van der Waals surface area contributed by atoms with Crippen LogP contribution in [-0.2, 0) is 7.05 Å². The highest BCUT2D eigenvalue weighted by Gasteiger charge is 2.24. The third-order valence-electron chi connectivity index (χ3n) is 6.31. The standard InChI is InChI=1S/C29H22NO/c1-19-22-12-6-7-13-23(22)28-24-14-8-9-15-26(24)31-29(28)27(19)25-18-21(16-17-30(25)2)20-10-4-3-5-11-20/h3-18H,1-2H3/q+1. The van der Waals surface area contributed by atoms with Gasteiger partial charge in [0.2, 0.25) is 5.69 Å². The molecule has 6 aromatic rings. The van der Waals surface area contributed by atoms with E-state index < -0.39 is 0 Å². The van der Waals surface area contributed by atoms with Crippen LogP contribution >= 0.6 is 0 Å². The molecule has 31 heavy (non-hydrogen) atoms. The number of nitrogens with zero attached hydrogens (tertiary/aromatic N) is 1. The minimum absolute atomic E-state index is 0.927. The Bertz CT molecular complexity index is 1590. The zero-order valence-corrected chi connectivity index (χ0v) is 17.6. The van der Waals surface area contributed by atoms with Gasteiger partial charge < -0.3 is 4.42 Å². The monoisotopic (exact) mass is 400 g/mol. The molecular weight excluding hydrogens is 378 g/mol. The lowest BCUT2D eigenvalue weighted by atomic mass is 9.92. The number of benzene rings is 4. The number of hydrogen-bond acceptors (Lipinski definition) is 1. The van der Waals surface area contributed by atoms with Crippen LogP contribution in [0.4, 0.5) is 0 Å². The van der Waals surface area contributed by atoms with Gasteiger partial charge in [-0.15, -0.1) is 0 Å². The zero-order chi connectivity index (χ0) is 20.9. The molecule has 6 rings (SSSR count). The van der Waals surface area contributed by atoms with Gasteiger partial charge in [0.05, 0.1) is 5.56 Å². The lowest BCUT2D eigenvalue weighted by Gasteiger charge is -2.11. The summed E-state index contributed by atoms with van der Waals surface area (Å²) in [5.74, 6) is 0. The summed E-state index contributed by atoms with van der Waals surface area (Å²) in [7, 11) is 2.10. The Balaban J connectivity index is 1.77. The molecule has 0 aliphatic heterocycles. The Labute approximate surface area is 181 Å². The molecule has 0 saturated heterocycles. The molecule has 0 amide bonds. The van der Waals surface area contributed by atoms with Gasteiger partial charge >= 0.3 is 0 Å². The van der Waals surface area contributed by atoms with Crippen LogP contribution in [0.25, 0.3) is 55.1 Å². The summed E-state index contributed by atoms with van der Waals surface area (Å²) in [6, 6.07) is 32.0. The summed E-state index contributed by atoms with van der Waals surface area (Å²) in [5.41, 5.74) is 7.84. The third-order valence-corrected chi connectivity index (χ3v) is 6.31. The second-order valence-electron chi connectivity index (χ2n) is 8.13. The van der Waals surface area contributed by atoms with Gasteiger partial charge in [-0.25, -0.2) is 4.57 Å². The molecule has 4 aromatic carbocycles. The Morgan fingerprint density at radius 3 is 2.16 bits per heavy atom. The van der Waals surface area contributed by atoms with Gasteiger partial charge in [-0.3, -0.25) is 0 Å². The van der Waals surface area contributed by atoms with Crippen molar-refractivity contribution < 1.29 is 8.98 Å². The van der Waals surface area contributed by atoms with E-state index in [0.29, 0.717) is 0 Å². The molecule has 2 nitrogen and oxygen atoms in total. The maximum Gasteiger partial charge on any atom is 0.216 e. The number of para-hydroxylation sites is 1. The number of fused-ring (bicyclic) bond motifs is 5. The number of hydrogen-bond donors (Lipinski definition) is 0. The number of furan rings is 1. The van der Waals surface area contributed by atoms with Crippen molar-refractivity contribution in [1.82, 2.24) is 0 Å². The minimum atomic E-state index is 0.927. The van der Waals surface area contributed by atoms with Crippen LogP contribution in [0.1, 0.15) is 5.56 Å². The second kappa shape index (κ2) is 6.82. The second-order valence-corrected chi connectivity index (χ2v) is 8.13. The average Bonchev–Trinajstić information content (AvgIpc) is 3.20. The highest BCUT2D eigenvalue weighted by atomic mass is 16.3. The van der Waals surface area contributed by atoms with Gasteiger partial charge in [0.25, 0.3) is 0 Å². The maximum atomic E-state index is 6.51. The molecule has 0 N–H and O–H groups in total. The highest BCUT2D eigenvalue weighted by molar-refractivity contribution is 6.23. The molecule has 0 spiro atoms. The van der Waals surface area contributed by atoms with Crippen molar-refractivity contribution in [3.8, 4) is 22.4 Å². The predicted octanol–water partition coefficient (Wildman–Crippen LogP) is 7.21. The van der Waals surface area contributed by atoms with Crippen LogP contribution < -0.4 is 4.57 Å². The summed E-state index contributed by atoms with van der Waals surface area (Å²) < 4.78 is 8.70. The molecule has 0 aliphatic rings. The van der Waals surface area contributed by atoms with Crippen LogP contribution in [-0.4, -0.2) is 0 Å². The maximum absolute atomic E-state index is 6.51. The molecule has 0 atom stereocenters. The summed E-state index contributed by atoms with van der Waals surface area (Å²) in [6.45, 7) is 2.21. The van der Waals surface area contributed by atoms with Crippen LogP contribution in [0.5, 0.6) is 0 Å². The van der Waals surface area contributed by atoms with Crippen molar-refractivity contribution >= 4 is 32.7 Å². The number of pyridine rings is 1. The first-order valence-electron chi connectivity index (χ1n) is 10.6. The summed E-state index contributed by atoms with van der Waals surface area (Å²) in [4.78, 5) is 0. The smallest absolute Gasteiger partial charge is 0.216 e. The third kappa shape index (κ3) is 2.69. The van der Waals surface area contributed by atoms with Gasteiger partial charge in [0.1, 0.15) is 18.2 Å². The molecule has 148 valence electrons. The van der Waals surface area contributed by atoms with E-state index in [-0.39, 0.29) is 0 Å². The lowest BCUT2D eigenvalue weighted by Crippen LogP contribution is -2.30. The lowest BCUT2D eigenvalue weighted by molar-refractivity contribution is -0.660. The highest BCUT2D eigenvalue weighted by Crippen LogP contribution is 2.43. The molecular formula is C29H22NO+. The van der Waals surface area contributed by atoms with E-state index in [0.717, 1.165) is 27.8 Å². The van der Waals surface area contributed by atoms with E-state index in [4.69, 9.17) is 4.42 Å².